The largest absolute Gasteiger partial charge is 0.481 e. The third-order valence-corrected chi connectivity index (χ3v) is 5.70. The molecule has 0 aliphatic carbocycles. The van der Waals surface area contributed by atoms with Crippen LogP contribution in [-0.4, -0.2) is 75.5 Å². The van der Waals surface area contributed by atoms with E-state index in [4.69, 9.17) is 10.8 Å². The molecule has 0 radical (unpaired) electrons. The summed E-state index contributed by atoms with van der Waals surface area (Å²) in [7, 11) is 0. The first-order valence-electron chi connectivity index (χ1n) is 11.2. The Morgan fingerprint density at radius 3 is 2.29 bits per heavy atom. The van der Waals surface area contributed by atoms with Crippen LogP contribution in [0.2, 0.25) is 0 Å². The number of likely N-dealkylation sites (tertiary alicyclic amines) is 1. The fourth-order valence-corrected chi connectivity index (χ4v) is 3.85. The first kappa shape index (κ1) is 26.8. The van der Waals surface area contributed by atoms with Crippen LogP contribution in [-0.2, 0) is 30.4 Å². The zero-order valence-corrected chi connectivity index (χ0v) is 19.3. The number of carbonyl (C=O) groups excluding carboxylic acids is 3. The lowest BCUT2D eigenvalue weighted by Crippen LogP contribution is -2.58. The van der Waals surface area contributed by atoms with Crippen molar-refractivity contribution in [1.82, 2.24) is 15.5 Å². The molecule has 0 saturated carbocycles. The van der Waals surface area contributed by atoms with Gasteiger partial charge in [0.05, 0.1) is 12.5 Å². The molecule has 0 aromatic heterocycles. The highest BCUT2D eigenvalue weighted by molar-refractivity contribution is 5.95. The summed E-state index contributed by atoms with van der Waals surface area (Å²) >= 11 is 0. The summed E-state index contributed by atoms with van der Waals surface area (Å²) in [6, 6.07) is 4.50. The number of rotatable bonds is 11. The molecule has 4 unspecified atom stereocenters. The van der Waals surface area contributed by atoms with Crippen molar-refractivity contribution in [3.63, 3.8) is 0 Å². The average Bonchev–Trinajstić information content (AvgIpc) is 3.26. The van der Waals surface area contributed by atoms with E-state index in [0.29, 0.717) is 12.8 Å². The van der Waals surface area contributed by atoms with Gasteiger partial charge in [-0.15, -0.1) is 0 Å². The van der Waals surface area contributed by atoms with E-state index >= 15 is 0 Å². The first-order chi connectivity index (χ1) is 16.0. The van der Waals surface area contributed by atoms with Gasteiger partial charge >= 0.3 is 11.9 Å². The number of amides is 3. The minimum absolute atomic E-state index is 0.0920. The Kier molecular flexibility index (Phi) is 9.55. The van der Waals surface area contributed by atoms with E-state index in [1.54, 1.807) is 44.2 Å². The summed E-state index contributed by atoms with van der Waals surface area (Å²) < 4.78 is 0. The molecule has 3 amide bonds. The maximum atomic E-state index is 13.3. The molecule has 1 fully saturated rings. The molecule has 11 heteroatoms. The predicted octanol–water partition coefficient (Wildman–Crippen LogP) is -0.268. The molecule has 1 heterocycles. The fourth-order valence-electron chi connectivity index (χ4n) is 3.85. The van der Waals surface area contributed by atoms with Crippen molar-refractivity contribution < 1.29 is 34.2 Å². The SMILES string of the molecule is CC(C)C(NC(=O)C(N)CC(=O)O)C(=O)N1CCCC1C(=O)NC(Cc1ccccc1)C(=O)O. The van der Waals surface area contributed by atoms with Gasteiger partial charge in [0.2, 0.25) is 17.7 Å². The third-order valence-electron chi connectivity index (χ3n) is 5.70. The van der Waals surface area contributed by atoms with Crippen LogP contribution in [0.3, 0.4) is 0 Å². The third kappa shape index (κ3) is 7.27. The predicted molar refractivity (Wildman–Crippen MR) is 121 cm³/mol. The van der Waals surface area contributed by atoms with Crippen molar-refractivity contribution in [2.24, 2.45) is 11.7 Å². The molecule has 1 aliphatic rings. The Balaban J connectivity index is 2.10. The highest BCUT2D eigenvalue weighted by atomic mass is 16.4. The topological polar surface area (TPSA) is 179 Å². The van der Waals surface area contributed by atoms with Crippen molar-refractivity contribution in [2.75, 3.05) is 6.54 Å². The second-order valence-corrected chi connectivity index (χ2v) is 8.71. The Bertz CT molecular complexity index is 906. The van der Waals surface area contributed by atoms with E-state index in [2.05, 4.69) is 10.6 Å². The number of aliphatic carboxylic acids is 2. The summed E-state index contributed by atoms with van der Waals surface area (Å²) in [5.74, 6) is -4.64. The number of hydrogen-bond donors (Lipinski definition) is 5. The number of carboxylic acid groups (broad SMARTS) is 2. The summed E-state index contributed by atoms with van der Waals surface area (Å²) in [5.41, 5.74) is 6.35. The fraction of sp³-hybridized carbons (Fsp3) is 0.522. The second-order valence-electron chi connectivity index (χ2n) is 8.71. The molecule has 1 saturated heterocycles. The summed E-state index contributed by atoms with van der Waals surface area (Å²) in [4.78, 5) is 62.4. The molecular formula is C23H32N4O7. The molecule has 6 N–H and O–H groups in total. The Labute approximate surface area is 197 Å². The van der Waals surface area contributed by atoms with Crippen LogP contribution in [0.25, 0.3) is 0 Å². The van der Waals surface area contributed by atoms with E-state index in [1.807, 2.05) is 0 Å². The lowest BCUT2D eigenvalue weighted by Gasteiger charge is -2.31. The van der Waals surface area contributed by atoms with E-state index in [9.17, 15) is 29.1 Å². The quantitative estimate of drug-likeness (QED) is 0.289. The minimum Gasteiger partial charge on any atom is -0.481 e. The smallest absolute Gasteiger partial charge is 0.326 e. The molecule has 0 bridgehead atoms. The lowest BCUT2D eigenvalue weighted by atomic mass is 10.0. The van der Waals surface area contributed by atoms with Crippen LogP contribution in [0, 0.1) is 5.92 Å². The second kappa shape index (κ2) is 12.1. The first-order valence-corrected chi connectivity index (χ1v) is 11.2. The molecule has 1 aromatic carbocycles. The van der Waals surface area contributed by atoms with E-state index in [0.717, 1.165) is 5.56 Å². The number of nitrogens with zero attached hydrogens (tertiary/aromatic N) is 1. The summed E-state index contributed by atoms with van der Waals surface area (Å²) in [6.07, 6.45) is 0.399. The monoisotopic (exact) mass is 476 g/mol. The summed E-state index contributed by atoms with van der Waals surface area (Å²) in [5, 5.41) is 23.5. The Hall–Kier alpha value is -3.47. The molecule has 0 spiro atoms. The highest BCUT2D eigenvalue weighted by Crippen LogP contribution is 2.21. The molecule has 11 nitrogen and oxygen atoms in total. The van der Waals surface area contributed by atoms with Crippen molar-refractivity contribution in [2.45, 2.75) is 63.7 Å². The van der Waals surface area contributed by atoms with Gasteiger partial charge in [-0.1, -0.05) is 44.2 Å². The van der Waals surface area contributed by atoms with Crippen LogP contribution in [0.1, 0.15) is 38.7 Å². The van der Waals surface area contributed by atoms with Gasteiger partial charge in [-0.3, -0.25) is 19.2 Å². The Morgan fingerprint density at radius 1 is 1.09 bits per heavy atom. The lowest BCUT2D eigenvalue weighted by molar-refractivity contribution is -0.145. The van der Waals surface area contributed by atoms with Gasteiger partial charge < -0.3 is 31.5 Å². The maximum absolute atomic E-state index is 13.3. The van der Waals surface area contributed by atoms with Crippen molar-refractivity contribution in [3.8, 4) is 0 Å². The normalized spacial score (nSPS) is 18.1. The van der Waals surface area contributed by atoms with Crippen LogP contribution in [0.5, 0.6) is 0 Å². The Morgan fingerprint density at radius 2 is 1.74 bits per heavy atom. The number of nitrogens with one attached hydrogen (secondary N) is 2. The van der Waals surface area contributed by atoms with Crippen LogP contribution >= 0.6 is 0 Å². The maximum Gasteiger partial charge on any atom is 0.326 e. The van der Waals surface area contributed by atoms with Gasteiger partial charge in [0.25, 0.3) is 0 Å². The number of nitrogens with two attached hydrogens (primary N) is 1. The van der Waals surface area contributed by atoms with Gasteiger partial charge in [0.15, 0.2) is 0 Å². The van der Waals surface area contributed by atoms with Gasteiger partial charge in [-0.25, -0.2) is 4.79 Å². The van der Waals surface area contributed by atoms with Gasteiger partial charge in [0.1, 0.15) is 18.1 Å². The zero-order chi connectivity index (χ0) is 25.4. The van der Waals surface area contributed by atoms with E-state index in [-0.39, 0.29) is 18.9 Å². The standard InChI is InChI=1S/C23H32N4O7/c1-13(2)19(26-20(30)15(24)12-18(28)29)22(32)27-10-6-9-17(27)21(31)25-16(23(33)34)11-14-7-4-3-5-8-14/h3-5,7-8,13,15-17,19H,6,9-12,24H2,1-2H3,(H,25,31)(H,26,30)(H,28,29)(H,33,34). The number of carboxylic acids is 2. The van der Waals surface area contributed by atoms with Gasteiger partial charge in [0, 0.05) is 13.0 Å². The zero-order valence-electron chi connectivity index (χ0n) is 19.3. The number of carbonyl (C=O) groups is 5. The van der Waals surface area contributed by atoms with E-state index < -0.39 is 60.2 Å². The van der Waals surface area contributed by atoms with Crippen LogP contribution < -0.4 is 16.4 Å². The van der Waals surface area contributed by atoms with Crippen LogP contribution in [0.4, 0.5) is 0 Å². The van der Waals surface area contributed by atoms with Crippen molar-refractivity contribution in [3.05, 3.63) is 35.9 Å². The van der Waals surface area contributed by atoms with E-state index in [1.165, 1.54) is 4.90 Å². The molecular weight excluding hydrogens is 444 g/mol. The van der Waals surface area contributed by atoms with Crippen LogP contribution in [0.15, 0.2) is 30.3 Å². The molecule has 34 heavy (non-hydrogen) atoms. The van der Waals surface area contributed by atoms with Crippen molar-refractivity contribution >= 4 is 29.7 Å². The van der Waals surface area contributed by atoms with Crippen molar-refractivity contribution in [1.29, 1.82) is 0 Å². The number of hydrogen-bond acceptors (Lipinski definition) is 6. The molecule has 1 aromatic rings. The summed E-state index contributed by atoms with van der Waals surface area (Å²) in [6.45, 7) is 3.68. The molecule has 1 aliphatic heterocycles. The van der Waals surface area contributed by atoms with Gasteiger partial charge in [-0.2, -0.15) is 0 Å². The average molecular weight is 477 g/mol. The molecule has 4 atom stereocenters. The molecule has 2 rings (SSSR count). The minimum atomic E-state index is -1.32. The molecule has 186 valence electrons. The highest BCUT2D eigenvalue weighted by Gasteiger charge is 2.40. The number of benzene rings is 1. The van der Waals surface area contributed by atoms with Gasteiger partial charge in [-0.05, 0) is 24.3 Å².